The van der Waals surface area contributed by atoms with Gasteiger partial charge in [-0.2, -0.15) is 0 Å². The maximum atomic E-state index is 11.4. The Morgan fingerprint density at radius 3 is 2.73 bits per heavy atom. The number of hydrogen-bond acceptors (Lipinski definition) is 5. The number of hydrogen-bond donors (Lipinski definition) is 2. The van der Waals surface area contributed by atoms with Crippen LogP contribution < -0.4 is 10.5 Å². The molecule has 6 heteroatoms. The molecule has 0 fully saturated rings. The lowest BCUT2D eigenvalue weighted by atomic mass is 10.1. The van der Waals surface area contributed by atoms with Crippen molar-refractivity contribution < 1.29 is 14.6 Å². The minimum atomic E-state index is -0.962. The molecule has 0 atom stereocenters. The highest BCUT2D eigenvalue weighted by Crippen LogP contribution is 2.33. The summed E-state index contributed by atoms with van der Waals surface area (Å²) in [5, 5.41) is 10.2. The maximum absolute atomic E-state index is 11.4. The van der Waals surface area contributed by atoms with Crippen molar-refractivity contribution in [2.45, 2.75) is 39.7 Å². The number of ether oxygens (including phenoxy) is 1. The quantitative estimate of drug-likeness (QED) is 0.790. The second-order valence-corrected chi connectivity index (χ2v) is 6.34. The van der Waals surface area contributed by atoms with Gasteiger partial charge in [0.2, 0.25) is 0 Å². The van der Waals surface area contributed by atoms with Gasteiger partial charge < -0.3 is 15.6 Å². The van der Waals surface area contributed by atoms with Crippen LogP contribution in [-0.4, -0.2) is 22.2 Å². The summed E-state index contributed by atoms with van der Waals surface area (Å²) in [6.45, 7) is 5.89. The Labute approximate surface area is 133 Å². The Kier molecular flexibility index (Phi) is 5.03. The summed E-state index contributed by atoms with van der Waals surface area (Å²) in [4.78, 5) is 16.1. The van der Waals surface area contributed by atoms with Crippen LogP contribution in [0.5, 0.6) is 5.75 Å². The van der Waals surface area contributed by atoms with Crippen molar-refractivity contribution >= 4 is 23.0 Å². The van der Waals surface area contributed by atoms with Gasteiger partial charge in [-0.15, -0.1) is 11.3 Å². The molecule has 2 aromatic rings. The molecule has 1 heterocycles. The Morgan fingerprint density at radius 1 is 1.45 bits per heavy atom. The largest absolute Gasteiger partial charge is 0.489 e. The molecule has 5 nitrogen and oxygen atoms in total. The minimum Gasteiger partial charge on any atom is -0.489 e. The lowest BCUT2D eigenvalue weighted by Crippen LogP contribution is -2.07. The molecule has 2 rings (SSSR count). The minimum absolute atomic E-state index is 0.0261. The van der Waals surface area contributed by atoms with Crippen LogP contribution in [0.3, 0.4) is 0 Å². The number of carboxylic acids is 1. The van der Waals surface area contributed by atoms with Crippen molar-refractivity contribution in [2.24, 2.45) is 0 Å². The Bertz CT molecular complexity index is 680. The predicted octanol–water partition coefficient (Wildman–Crippen LogP) is 3.83. The fraction of sp³-hybridized carbons (Fsp3) is 0.375. The highest BCUT2D eigenvalue weighted by atomic mass is 32.1. The summed E-state index contributed by atoms with van der Waals surface area (Å²) in [5.74, 6) is -0.365. The first-order valence-corrected chi connectivity index (χ1v) is 8.03. The van der Waals surface area contributed by atoms with Gasteiger partial charge in [-0.05, 0) is 44.9 Å². The molecule has 0 radical (unpaired) electrons. The van der Waals surface area contributed by atoms with Crippen LogP contribution in [0.4, 0.5) is 5.69 Å². The number of aromatic nitrogens is 1. The van der Waals surface area contributed by atoms with E-state index in [9.17, 15) is 9.90 Å². The molecule has 1 aromatic heterocycles. The molecule has 118 valence electrons. The average Bonchev–Trinajstić information content (AvgIpc) is 2.85. The molecule has 0 saturated carbocycles. The van der Waals surface area contributed by atoms with Gasteiger partial charge in [0.25, 0.3) is 0 Å². The number of nitrogen functional groups attached to an aromatic ring is 1. The van der Waals surface area contributed by atoms with Crippen LogP contribution in [-0.2, 0) is 6.42 Å². The number of rotatable bonds is 6. The van der Waals surface area contributed by atoms with E-state index < -0.39 is 5.97 Å². The second-order valence-electron chi connectivity index (χ2n) is 5.26. The normalized spacial score (nSPS) is 10.9. The van der Waals surface area contributed by atoms with Crippen molar-refractivity contribution in [2.75, 3.05) is 5.73 Å². The zero-order chi connectivity index (χ0) is 16.3. The third kappa shape index (κ3) is 3.57. The summed E-state index contributed by atoms with van der Waals surface area (Å²) in [5.41, 5.74) is 7.66. The number of anilines is 1. The van der Waals surface area contributed by atoms with Gasteiger partial charge in [0, 0.05) is 5.56 Å². The summed E-state index contributed by atoms with van der Waals surface area (Å²) in [6, 6.07) is 5.27. The van der Waals surface area contributed by atoms with Gasteiger partial charge in [0.1, 0.15) is 10.6 Å². The summed E-state index contributed by atoms with van der Waals surface area (Å²) in [7, 11) is 0. The highest BCUT2D eigenvalue weighted by molar-refractivity contribution is 7.14. The zero-order valence-corrected chi connectivity index (χ0v) is 13.7. The molecule has 1 aromatic carbocycles. The van der Waals surface area contributed by atoms with E-state index in [0.717, 1.165) is 17.8 Å². The fourth-order valence-electron chi connectivity index (χ4n) is 2.08. The smallest absolute Gasteiger partial charge is 0.348 e. The van der Waals surface area contributed by atoms with E-state index in [1.54, 1.807) is 18.2 Å². The van der Waals surface area contributed by atoms with Crippen molar-refractivity contribution in [1.29, 1.82) is 0 Å². The van der Waals surface area contributed by atoms with Crippen LogP contribution in [0.2, 0.25) is 0 Å². The van der Waals surface area contributed by atoms with E-state index in [1.807, 2.05) is 20.8 Å². The van der Waals surface area contributed by atoms with Crippen molar-refractivity contribution in [1.82, 2.24) is 4.98 Å². The first-order chi connectivity index (χ1) is 10.4. The number of carbonyl (C=O) groups is 1. The first-order valence-electron chi connectivity index (χ1n) is 7.22. The maximum Gasteiger partial charge on any atom is 0.348 e. The van der Waals surface area contributed by atoms with E-state index in [1.165, 1.54) is 11.3 Å². The third-order valence-electron chi connectivity index (χ3n) is 2.98. The lowest BCUT2D eigenvalue weighted by Gasteiger charge is -2.12. The van der Waals surface area contributed by atoms with Crippen molar-refractivity contribution in [3.8, 4) is 17.0 Å². The van der Waals surface area contributed by atoms with Gasteiger partial charge in [0.15, 0.2) is 0 Å². The molecule has 22 heavy (non-hydrogen) atoms. The van der Waals surface area contributed by atoms with Crippen molar-refractivity contribution in [3.63, 3.8) is 0 Å². The van der Waals surface area contributed by atoms with E-state index >= 15 is 0 Å². The topological polar surface area (TPSA) is 85.4 Å². The number of aryl methyl sites for hydroxylation is 1. The van der Waals surface area contributed by atoms with E-state index in [-0.39, 0.29) is 11.0 Å². The number of carboxylic acid groups (broad SMARTS) is 1. The fourth-order valence-corrected chi connectivity index (χ4v) is 3.11. The van der Waals surface area contributed by atoms with Gasteiger partial charge >= 0.3 is 5.97 Å². The SMILES string of the molecule is CCCc1nc(-c2ccc(OC(C)C)c(N)c2)c(C(=O)O)s1. The standard InChI is InChI=1S/C16H20N2O3S/c1-4-5-13-18-14(15(22-13)16(19)20)10-6-7-12(11(17)8-10)21-9(2)3/h6-9H,4-5,17H2,1-3H3,(H,19,20). The summed E-state index contributed by atoms with van der Waals surface area (Å²) in [6.07, 6.45) is 1.72. The number of aromatic carboxylic acids is 1. The summed E-state index contributed by atoms with van der Waals surface area (Å²) >= 11 is 1.23. The van der Waals surface area contributed by atoms with Gasteiger partial charge in [-0.1, -0.05) is 6.92 Å². The molecule has 0 aliphatic rings. The molecule has 0 aliphatic heterocycles. The number of thiazole rings is 1. The van der Waals surface area contributed by atoms with Crippen LogP contribution in [0, 0.1) is 0 Å². The van der Waals surface area contributed by atoms with Crippen molar-refractivity contribution in [3.05, 3.63) is 28.1 Å². The third-order valence-corrected chi connectivity index (χ3v) is 4.08. The molecule has 0 saturated heterocycles. The van der Waals surface area contributed by atoms with Crippen LogP contribution in [0.25, 0.3) is 11.3 Å². The molecule has 3 N–H and O–H groups in total. The molecular weight excluding hydrogens is 300 g/mol. The highest BCUT2D eigenvalue weighted by Gasteiger charge is 2.19. The van der Waals surface area contributed by atoms with E-state index in [4.69, 9.17) is 10.5 Å². The number of benzene rings is 1. The zero-order valence-electron chi connectivity index (χ0n) is 12.9. The van der Waals surface area contributed by atoms with Gasteiger partial charge in [0.05, 0.1) is 22.5 Å². The monoisotopic (exact) mass is 320 g/mol. The number of nitrogens with two attached hydrogens (primary N) is 1. The van der Waals surface area contributed by atoms with E-state index in [2.05, 4.69) is 4.98 Å². The second kappa shape index (κ2) is 6.79. The molecule has 0 bridgehead atoms. The molecule has 0 unspecified atom stereocenters. The molecule has 0 spiro atoms. The van der Waals surface area contributed by atoms with Crippen LogP contribution >= 0.6 is 11.3 Å². The molecule has 0 aliphatic carbocycles. The Balaban J connectivity index is 2.42. The average molecular weight is 320 g/mol. The van der Waals surface area contributed by atoms with Crippen LogP contribution in [0.15, 0.2) is 18.2 Å². The Hall–Kier alpha value is -2.08. The summed E-state index contributed by atoms with van der Waals surface area (Å²) < 4.78 is 5.60. The van der Waals surface area contributed by atoms with E-state index in [0.29, 0.717) is 22.7 Å². The van der Waals surface area contributed by atoms with Crippen LogP contribution in [0.1, 0.15) is 41.9 Å². The van der Waals surface area contributed by atoms with Gasteiger partial charge in [-0.25, -0.2) is 9.78 Å². The first kappa shape index (κ1) is 16.3. The Morgan fingerprint density at radius 2 is 2.18 bits per heavy atom. The predicted molar refractivity (Wildman–Crippen MR) is 88.7 cm³/mol. The number of nitrogens with zero attached hydrogens (tertiary/aromatic N) is 1. The molecular formula is C16H20N2O3S. The van der Waals surface area contributed by atoms with Gasteiger partial charge in [-0.3, -0.25) is 0 Å². The molecule has 0 amide bonds. The lowest BCUT2D eigenvalue weighted by molar-refractivity contribution is 0.0702.